The van der Waals surface area contributed by atoms with Crippen LogP contribution in [-0.2, 0) is 0 Å². The van der Waals surface area contributed by atoms with Crippen LogP contribution in [0.2, 0.25) is 0 Å². The maximum Gasteiger partial charge on any atom is 0.0401 e. The number of hydrogen-bond acceptors (Lipinski definition) is 3. The Morgan fingerprint density at radius 3 is 3.00 bits per heavy atom. The standard InChI is InChI=1S/C19H31N3/c1-3-15-6-4-8-18(12-15)21-14-17-9-11-22(2)19(17)16-7-5-10-20-13-16/h5,7,10,13,15,17-19,21H,3-4,6,8-9,11-12,14H2,1-2H3/t15-,17+,18+,19+/m1/s1. The Morgan fingerprint density at radius 1 is 1.32 bits per heavy atom. The molecule has 3 nitrogen and oxygen atoms in total. The molecule has 4 atom stereocenters. The van der Waals surface area contributed by atoms with Crippen molar-refractivity contribution in [1.82, 2.24) is 15.2 Å². The van der Waals surface area contributed by atoms with Crippen LogP contribution >= 0.6 is 0 Å². The van der Waals surface area contributed by atoms with Crippen LogP contribution in [0.1, 0.15) is 57.1 Å². The number of nitrogens with one attached hydrogen (secondary N) is 1. The van der Waals surface area contributed by atoms with E-state index in [0.29, 0.717) is 6.04 Å². The van der Waals surface area contributed by atoms with E-state index in [1.165, 1.54) is 50.6 Å². The molecule has 0 amide bonds. The quantitative estimate of drug-likeness (QED) is 0.900. The molecule has 2 heterocycles. The third-order valence-electron chi connectivity index (χ3n) is 5.83. The lowest BCUT2D eigenvalue weighted by Gasteiger charge is -2.31. The number of pyridine rings is 1. The molecular weight excluding hydrogens is 270 g/mol. The highest BCUT2D eigenvalue weighted by Crippen LogP contribution is 2.35. The summed E-state index contributed by atoms with van der Waals surface area (Å²) >= 11 is 0. The summed E-state index contributed by atoms with van der Waals surface area (Å²) in [6.07, 6.45) is 12.2. The monoisotopic (exact) mass is 301 g/mol. The Kier molecular flexibility index (Phi) is 5.48. The van der Waals surface area contributed by atoms with Crippen molar-refractivity contribution < 1.29 is 0 Å². The largest absolute Gasteiger partial charge is 0.314 e. The van der Waals surface area contributed by atoms with Crippen molar-refractivity contribution >= 4 is 0 Å². The van der Waals surface area contributed by atoms with E-state index in [0.717, 1.165) is 24.4 Å². The van der Waals surface area contributed by atoms with E-state index in [-0.39, 0.29) is 0 Å². The van der Waals surface area contributed by atoms with Gasteiger partial charge in [-0.1, -0.05) is 32.3 Å². The number of likely N-dealkylation sites (tertiary alicyclic amines) is 1. The van der Waals surface area contributed by atoms with Gasteiger partial charge in [0, 0.05) is 31.0 Å². The zero-order valence-electron chi connectivity index (χ0n) is 14.2. The van der Waals surface area contributed by atoms with E-state index in [4.69, 9.17) is 0 Å². The molecule has 1 saturated carbocycles. The van der Waals surface area contributed by atoms with E-state index < -0.39 is 0 Å². The summed E-state index contributed by atoms with van der Waals surface area (Å²) in [5.41, 5.74) is 1.38. The van der Waals surface area contributed by atoms with Gasteiger partial charge in [-0.05, 0) is 56.3 Å². The summed E-state index contributed by atoms with van der Waals surface area (Å²) in [7, 11) is 2.26. The predicted octanol–water partition coefficient (Wildman–Crippen LogP) is 3.63. The zero-order chi connectivity index (χ0) is 15.4. The molecule has 1 aliphatic heterocycles. The Bertz CT molecular complexity index is 447. The van der Waals surface area contributed by atoms with Gasteiger partial charge in [0.2, 0.25) is 0 Å². The summed E-state index contributed by atoms with van der Waals surface area (Å²) in [6.45, 7) is 4.70. The third kappa shape index (κ3) is 3.69. The fourth-order valence-corrected chi connectivity index (χ4v) is 4.48. The van der Waals surface area contributed by atoms with Crippen LogP contribution in [-0.4, -0.2) is 36.1 Å². The van der Waals surface area contributed by atoms with Gasteiger partial charge in [0.25, 0.3) is 0 Å². The molecule has 0 bridgehead atoms. The van der Waals surface area contributed by atoms with Gasteiger partial charge in [0.15, 0.2) is 0 Å². The Labute approximate surface area is 135 Å². The molecule has 2 fully saturated rings. The van der Waals surface area contributed by atoms with Crippen LogP contribution in [0.15, 0.2) is 24.5 Å². The average Bonchev–Trinajstić information content (AvgIpc) is 2.94. The minimum atomic E-state index is 0.534. The first-order chi connectivity index (χ1) is 10.8. The summed E-state index contributed by atoms with van der Waals surface area (Å²) in [4.78, 5) is 6.82. The molecule has 2 aliphatic rings. The first-order valence-corrected chi connectivity index (χ1v) is 9.11. The predicted molar refractivity (Wildman–Crippen MR) is 91.8 cm³/mol. The number of rotatable bonds is 5. The van der Waals surface area contributed by atoms with Gasteiger partial charge < -0.3 is 5.32 Å². The Hall–Kier alpha value is -0.930. The van der Waals surface area contributed by atoms with Crippen molar-refractivity contribution in [3.8, 4) is 0 Å². The lowest BCUT2D eigenvalue weighted by Crippen LogP contribution is -2.38. The van der Waals surface area contributed by atoms with Gasteiger partial charge in [-0.25, -0.2) is 0 Å². The van der Waals surface area contributed by atoms with Crippen molar-refractivity contribution in [2.24, 2.45) is 11.8 Å². The lowest BCUT2D eigenvalue weighted by molar-refractivity contribution is 0.241. The first-order valence-electron chi connectivity index (χ1n) is 9.11. The van der Waals surface area contributed by atoms with Crippen molar-refractivity contribution in [3.63, 3.8) is 0 Å². The molecule has 0 radical (unpaired) electrons. The molecule has 22 heavy (non-hydrogen) atoms. The van der Waals surface area contributed by atoms with Gasteiger partial charge in [0.05, 0.1) is 0 Å². The molecule has 0 unspecified atom stereocenters. The van der Waals surface area contributed by atoms with Crippen LogP contribution in [0.3, 0.4) is 0 Å². The van der Waals surface area contributed by atoms with Crippen LogP contribution in [0, 0.1) is 11.8 Å². The highest BCUT2D eigenvalue weighted by Gasteiger charge is 2.33. The molecule has 122 valence electrons. The normalized spacial score (nSPS) is 33.2. The number of aromatic nitrogens is 1. The summed E-state index contributed by atoms with van der Waals surface area (Å²) in [5, 5.41) is 3.90. The molecule has 1 aromatic heterocycles. The van der Waals surface area contributed by atoms with Crippen molar-refractivity contribution in [3.05, 3.63) is 30.1 Å². The molecule has 1 aliphatic carbocycles. The molecule has 1 saturated heterocycles. The highest BCUT2D eigenvalue weighted by atomic mass is 15.2. The second-order valence-electron chi connectivity index (χ2n) is 7.31. The van der Waals surface area contributed by atoms with Crippen LogP contribution in [0.25, 0.3) is 0 Å². The minimum Gasteiger partial charge on any atom is -0.314 e. The maximum absolute atomic E-state index is 4.32. The minimum absolute atomic E-state index is 0.534. The highest BCUT2D eigenvalue weighted by molar-refractivity contribution is 5.17. The van der Waals surface area contributed by atoms with E-state index in [2.05, 4.69) is 41.3 Å². The van der Waals surface area contributed by atoms with Gasteiger partial charge >= 0.3 is 0 Å². The first kappa shape index (κ1) is 15.9. The van der Waals surface area contributed by atoms with E-state index in [9.17, 15) is 0 Å². The van der Waals surface area contributed by atoms with Gasteiger partial charge in [-0.3, -0.25) is 9.88 Å². The zero-order valence-corrected chi connectivity index (χ0v) is 14.2. The molecule has 0 aromatic carbocycles. The van der Waals surface area contributed by atoms with E-state index in [1.54, 1.807) is 0 Å². The smallest absolute Gasteiger partial charge is 0.0401 e. The van der Waals surface area contributed by atoms with Crippen molar-refractivity contribution in [2.45, 2.75) is 57.5 Å². The fourth-order valence-electron chi connectivity index (χ4n) is 4.48. The molecule has 3 heteroatoms. The van der Waals surface area contributed by atoms with Gasteiger partial charge in [0.1, 0.15) is 0 Å². The van der Waals surface area contributed by atoms with Gasteiger partial charge in [-0.2, -0.15) is 0 Å². The summed E-state index contributed by atoms with van der Waals surface area (Å²) in [5.74, 6) is 1.67. The van der Waals surface area contributed by atoms with Gasteiger partial charge in [-0.15, -0.1) is 0 Å². The topological polar surface area (TPSA) is 28.2 Å². The third-order valence-corrected chi connectivity index (χ3v) is 5.83. The van der Waals surface area contributed by atoms with Crippen LogP contribution in [0.4, 0.5) is 0 Å². The Balaban J connectivity index is 1.57. The van der Waals surface area contributed by atoms with E-state index >= 15 is 0 Å². The molecule has 3 rings (SSSR count). The summed E-state index contributed by atoms with van der Waals surface area (Å²) < 4.78 is 0. The summed E-state index contributed by atoms with van der Waals surface area (Å²) in [6, 6.07) is 5.59. The SMILES string of the molecule is CC[C@@H]1CCC[C@H](NC[C@@H]2CCN(C)[C@H]2c2cccnc2)C1. The van der Waals surface area contributed by atoms with E-state index in [1.807, 2.05) is 12.4 Å². The number of hydrogen-bond donors (Lipinski definition) is 1. The number of nitrogens with zero attached hydrogens (tertiary/aromatic N) is 2. The molecule has 1 N–H and O–H groups in total. The fraction of sp³-hybridized carbons (Fsp3) is 0.737. The second kappa shape index (κ2) is 7.56. The molecule has 0 spiro atoms. The average molecular weight is 301 g/mol. The van der Waals surface area contributed by atoms with Crippen LogP contribution in [0.5, 0.6) is 0 Å². The Morgan fingerprint density at radius 2 is 2.23 bits per heavy atom. The van der Waals surface area contributed by atoms with Crippen LogP contribution < -0.4 is 5.32 Å². The van der Waals surface area contributed by atoms with Crippen molar-refractivity contribution in [2.75, 3.05) is 20.1 Å². The maximum atomic E-state index is 4.32. The lowest BCUT2D eigenvalue weighted by atomic mass is 9.84. The molecular formula is C19H31N3. The second-order valence-corrected chi connectivity index (χ2v) is 7.31. The van der Waals surface area contributed by atoms with Crippen molar-refractivity contribution in [1.29, 1.82) is 0 Å². The molecule has 1 aromatic rings.